The number of aliphatic hydroxyl groups excluding tert-OH is 1. The number of rotatable bonds is 3. The van der Waals surface area contributed by atoms with Gasteiger partial charge in [-0.1, -0.05) is 6.92 Å². The fraction of sp³-hybridized carbons (Fsp3) is 0.889. The van der Waals surface area contributed by atoms with Crippen LogP contribution in [-0.4, -0.2) is 29.6 Å². The van der Waals surface area contributed by atoms with Crippen molar-refractivity contribution in [2.75, 3.05) is 6.54 Å². The molecule has 1 heterocycles. The molecule has 0 amide bonds. The Morgan fingerprint density at radius 1 is 1.67 bits per heavy atom. The standard InChI is InChI=1S/C9H17NO2/c1-2-7(11)6-8-9(12)4-3-5-10-8/h8-10,12H,2-6H2,1H3/t8-,9+/m1/s1. The van der Waals surface area contributed by atoms with Gasteiger partial charge in [-0.05, 0) is 19.4 Å². The number of hydrogen-bond donors (Lipinski definition) is 2. The van der Waals surface area contributed by atoms with Gasteiger partial charge in [-0.15, -0.1) is 0 Å². The molecule has 1 fully saturated rings. The molecular formula is C9H17NO2. The van der Waals surface area contributed by atoms with E-state index in [-0.39, 0.29) is 17.9 Å². The van der Waals surface area contributed by atoms with Gasteiger partial charge in [-0.25, -0.2) is 0 Å². The van der Waals surface area contributed by atoms with E-state index in [2.05, 4.69) is 5.32 Å². The van der Waals surface area contributed by atoms with E-state index >= 15 is 0 Å². The summed E-state index contributed by atoms with van der Waals surface area (Å²) in [4.78, 5) is 11.1. The summed E-state index contributed by atoms with van der Waals surface area (Å²) < 4.78 is 0. The minimum absolute atomic E-state index is 0.00574. The molecule has 0 aromatic carbocycles. The van der Waals surface area contributed by atoms with Crippen LogP contribution in [0.1, 0.15) is 32.6 Å². The maximum atomic E-state index is 11.1. The number of carbonyl (C=O) groups excluding carboxylic acids is 1. The van der Waals surface area contributed by atoms with Crippen LogP contribution >= 0.6 is 0 Å². The van der Waals surface area contributed by atoms with Crippen LogP contribution in [0.15, 0.2) is 0 Å². The second-order valence-electron chi connectivity index (χ2n) is 3.37. The minimum Gasteiger partial charge on any atom is -0.391 e. The Labute approximate surface area is 73.2 Å². The number of piperidine rings is 1. The second kappa shape index (κ2) is 4.58. The lowest BCUT2D eigenvalue weighted by atomic mass is 9.96. The third-order valence-electron chi connectivity index (χ3n) is 2.39. The Balaban J connectivity index is 2.33. The zero-order valence-corrected chi connectivity index (χ0v) is 7.55. The van der Waals surface area contributed by atoms with E-state index in [9.17, 15) is 9.90 Å². The molecule has 0 spiro atoms. The van der Waals surface area contributed by atoms with Crippen molar-refractivity contribution in [2.24, 2.45) is 0 Å². The summed E-state index contributed by atoms with van der Waals surface area (Å²) in [6.07, 6.45) is 2.57. The molecule has 1 saturated heterocycles. The maximum absolute atomic E-state index is 11.1. The highest BCUT2D eigenvalue weighted by molar-refractivity contribution is 5.78. The van der Waals surface area contributed by atoms with Crippen molar-refractivity contribution in [2.45, 2.75) is 44.8 Å². The normalized spacial score (nSPS) is 30.2. The molecule has 0 aromatic rings. The first kappa shape index (κ1) is 9.68. The van der Waals surface area contributed by atoms with Crippen molar-refractivity contribution in [3.8, 4) is 0 Å². The molecule has 70 valence electrons. The fourth-order valence-corrected chi connectivity index (χ4v) is 1.53. The first-order valence-electron chi connectivity index (χ1n) is 4.67. The van der Waals surface area contributed by atoms with Crippen molar-refractivity contribution in [3.63, 3.8) is 0 Å². The average Bonchev–Trinajstić information content (AvgIpc) is 2.09. The molecule has 0 bridgehead atoms. The number of hydrogen-bond acceptors (Lipinski definition) is 3. The molecule has 3 heteroatoms. The predicted molar refractivity (Wildman–Crippen MR) is 46.9 cm³/mol. The maximum Gasteiger partial charge on any atom is 0.134 e. The van der Waals surface area contributed by atoms with E-state index in [1.165, 1.54) is 0 Å². The molecular weight excluding hydrogens is 154 g/mol. The highest BCUT2D eigenvalue weighted by atomic mass is 16.3. The van der Waals surface area contributed by atoms with Gasteiger partial charge in [-0.3, -0.25) is 4.79 Å². The molecule has 1 rings (SSSR count). The lowest BCUT2D eigenvalue weighted by Crippen LogP contribution is -2.45. The molecule has 2 N–H and O–H groups in total. The minimum atomic E-state index is -0.325. The first-order valence-corrected chi connectivity index (χ1v) is 4.67. The molecule has 2 atom stereocenters. The third kappa shape index (κ3) is 2.57. The predicted octanol–water partition coefficient (Wildman–Crippen LogP) is 0.468. The summed E-state index contributed by atoms with van der Waals surface area (Å²) in [7, 11) is 0. The average molecular weight is 171 g/mol. The zero-order valence-electron chi connectivity index (χ0n) is 7.55. The van der Waals surface area contributed by atoms with E-state index < -0.39 is 0 Å². The molecule has 12 heavy (non-hydrogen) atoms. The summed E-state index contributed by atoms with van der Waals surface area (Å²) in [5.41, 5.74) is 0. The van der Waals surface area contributed by atoms with E-state index in [1.54, 1.807) is 0 Å². The van der Waals surface area contributed by atoms with Crippen LogP contribution in [0.25, 0.3) is 0 Å². The van der Waals surface area contributed by atoms with Gasteiger partial charge in [0.05, 0.1) is 6.10 Å². The highest BCUT2D eigenvalue weighted by Gasteiger charge is 2.23. The van der Waals surface area contributed by atoms with Crippen molar-refractivity contribution in [1.29, 1.82) is 0 Å². The van der Waals surface area contributed by atoms with E-state index in [4.69, 9.17) is 0 Å². The molecule has 1 aliphatic rings. The van der Waals surface area contributed by atoms with Crippen molar-refractivity contribution >= 4 is 5.78 Å². The van der Waals surface area contributed by atoms with Gasteiger partial charge in [0.2, 0.25) is 0 Å². The topological polar surface area (TPSA) is 49.3 Å². The highest BCUT2D eigenvalue weighted by Crippen LogP contribution is 2.12. The summed E-state index contributed by atoms with van der Waals surface area (Å²) in [5.74, 6) is 0.230. The Morgan fingerprint density at radius 3 is 3.00 bits per heavy atom. The Morgan fingerprint density at radius 2 is 2.42 bits per heavy atom. The summed E-state index contributed by atoms with van der Waals surface area (Å²) in [5, 5.41) is 12.7. The van der Waals surface area contributed by atoms with Crippen LogP contribution in [0.3, 0.4) is 0 Å². The van der Waals surface area contributed by atoms with Gasteiger partial charge in [0.15, 0.2) is 0 Å². The number of carbonyl (C=O) groups is 1. The zero-order chi connectivity index (χ0) is 8.97. The van der Waals surface area contributed by atoms with E-state index in [0.29, 0.717) is 12.8 Å². The third-order valence-corrected chi connectivity index (χ3v) is 2.39. The second-order valence-corrected chi connectivity index (χ2v) is 3.37. The van der Waals surface area contributed by atoms with Gasteiger partial charge < -0.3 is 10.4 Å². The number of ketones is 1. The largest absolute Gasteiger partial charge is 0.391 e. The number of nitrogens with one attached hydrogen (secondary N) is 1. The molecule has 0 unspecified atom stereocenters. The van der Waals surface area contributed by atoms with Gasteiger partial charge in [0, 0.05) is 18.9 Å². The van der Waals surface area contributed by atoms with Gasteiger partial charge >= 0.3 is 0 Å². The molecule has 1 aliphatic heterocycles. The van der Waals surface area contributed by atoms with Crippen molar-refractivity contribution in [1.82, 2.24) is 5.32 Å². The van der Waals surface area contributed by atoms with E-state index in [0.717, 1.165) is 19.4 Å². The number of Topliss-reactive ketones (excluding diaryl/α,β-unsaturated/α-hetero) is 1. The Bertz CT molecular complexity index is 159. The fourth-order valence-electron chi connectivity index (χ4n) is 1.53. The van der Waals surface area contributed by atoms with Gasteiger partial charge in [-0.2, -0.15) is 0 Å². The quantitative estimate of drug-likeness (QED) is 0.649. The lowest BCUT2D eigenvalue weighted by Gasteiger charge is -2.28. The monoisotopic (exact) mass is 171 g/mol. The summed E-state index contributed by atoms with van der Waals surface area (Å²) in [6, 6.07) is 0.00574. The molecule has 3 nitrogen and oxygen atoms in total. The van der Waals surface area contributed by atoms with Crippen LogP contribution < -0.4 is 5.32 Å². The molecule has 0 aliphatic carbocycles. The van der Waals surface area contributed by atoms with Gasteiger partial charge in [0.25, 0.3) is 0 Å². The smallest absolute Gasteiger partial charge is 0.134 e. The summed E-state index contributed by atoms with van der Waals surface area (Å²) in [6.45, 7) is 2.79. The van der Waals surface area contributed by atoms with Crippen LogP contribution in [0, 0.1) is 0 Å². The van der Waals surface area contributed by atoms with Crippen LogP contribution in [0.2, 0.25) is 0 Å². The number of aliphatic hydroxyl groups is 1. The summed E-state index contributed by atoms with van der Waals surface area (Å²) >= 11 is 0. The molecule has 0 radical (unpaired) electrons. The van der Waals surface area contributed by atoms with Crippen molar-refractivity contribution < 1.29 is 9.90 Å². The van der Waals surface area contributed by atoms with Crippen molar-refractivity contribution in [3.05, 3.63) is 0 Å². The van der Waals surface area contributed by atoms with Crippen LogP contribution in [0.4, 0.5) is 0 Å². The lowest BCUT2D eigenvalue weighted by molar-refractivity contribution is -0.120. The van der Waals surface area contributed by atoms with Crippen LogP contribution in [-0.2, 0) is 4.79 Å². The molecule has 0 aromatic heterocycles. The van der Waals surface area contributed by atoms with Crippen LogP contribution in [0.5, 0.6) is 0 Å². The Hall–Kier alpha value is -0.410. The Kier molecular flexibility index (Phi) is 3.69. The SMILES string of the molecule is CCC(=O)C[C@H]1NCCC[C@@H]1O. The molecule has 0 saturated carbocycles. The van der Waals surface area contributed by atoms with Gasteiger partial charge in [0.1, 0.15) is 5.78 Å². The first-order chi connectivity index (χ1) is 5.74. The van der Waals surface area contributed by atoms with E-state index in [1.807, 2.05) is 6.92 Å².